The second kappa shape index (κ2) is 8.25. The molecule has 152 valence electrons. The van der Waals surface area contributed by atoms with Crippen molar-refractivity contribution in [3.05, 3.63) is 84.3 Å². The largest absolute Gasteiger partial charge is 0.260 e. The van der Waals surface area contributed by atoms with Crippen molar-refractivity contribution in [2.45, 2.75) is 51.9 Å². The predicted molar refractivity (Wildman–Crippen MR) is 131 cm³/mol. The van der Waals surface area contributed by atoms with Crippen LogP contribution in [0.5, 0.6) is 0 Å². The van der Waals surface area contributed by atoms with Crippen molar-refractivity contribution in [2.75, 3.05) is 0 Å². The Morgan fingerprint density at radius 2 is 1.31 bits per heavy atom. The molecule has 0 saturated carbocycles. The van der Waals surface area contributed by atoms with E-state index in [0.717, 1.165) is 5.69 Å². The molecular formula is C25H32N2P2. The van der Waals surface area contributed by atoms with Crippen molar-refractivity contribution < 1.29 is 0 Å². The average molecular weight is 422 g/mol. The lowest BCUT2D eigenvalue weighted by molar-refractivity contribution is 0.320. The van der Waals surface area contributed by atoms with Gasteiger partial charge in [0, 0.05) is 12.4 Å². The van der Waals surface area contributed by atoms with Crippen molar-refractivity contribution in [2.24, 2.45) is 5.41 Å². The van der Waals surface area contributed by atoms with Gasteiger partial charge in [0.25, 0.3) is 0 Å². The number of hydrogen-bond donors (Lipinski definition) is 0. The van der Waals surface area contributed by atoms with Crippen LogP contribution in [0.1, 0.15) is 52.8 Å². The van der Waals surface area contributed by atoms with Crippen LogP contribution in [-0.4, -0.2) is 15.1 Å². The molecule has 0 amide bonds. The summed E-state index contributed by atoms with van der Waals surface area (Å²) in [5.41, 5.74) is 3.52. The lowest BCUT2D eigenvalue weighted by Crippen LogP contribution is -2.41. The van der Waals surface area contributed by atoms with Gasteiger partial charge in [-0.15, -0.1) is 9.24 Å². The third-order valence-corrected chi connectivity index (χ3v) is 9.78. The monoisotopic (exact) mass is 422 g/mol. The van der Waals surface area contributed by atoms with Crippen molar-refractivity contribution in [1.29, 1.82) is 0 Å². The molecule has 0 N–H and O–H groups in total. The van der Waals surface area contributed by atoms with Crippen LogP contribution < -0.4 is 10.7 Å². The highest BCUT2D eigenvalue weighted by atomic mass is 31.1. The fourth-order valence-electron chi connectivity index (χ4n) is 3.84. The van der Waals surface area contributed by atoms with Crippen LogP contribution in [0.2, 0.25) is 0 Å². The minimum absolute atomic E-state index is 0.0505. The van der Waals surface area contributed by atoms with Crippen LogP contribution in [0, 0.1) is 5.41 Å². The zero-order valence-electron chi connectivity index (χ0n) is 18.3. The van der Waals surface area contributed by atoms with Gasteiger partial charge in [0.15, 0.2) is 0 Å². The molecule has 3 rings (SSSR count). The zero-order chi connectivity index (χ0) is 21.3. The van der Waals surface area contributed by atoms with Gasteiger partial charge in [-0.1, -0.05) is 77.9 Å². The summed E-state index contributed by atoms with van der Waals surface area (Å²) in [6.45, 7) is 13.9. The Morgan fingerprint density at radius 1 is 0.724 bits per heavy atom. The second-order valence-corrected chi connectivity index (χ2v) is 13.3. The molecule has 0 fully saturated rings. The summed E-state index contributed by atoms with van der Waals surface area (Å²) >= 11 is 0. The summed E-state index contributed by atoms with van der Waals surface area (Å²) < 4.78 is 0. The normalized spacial score (nSPS) is 15.6. The van der Waals surface area contributed by atoms with Gasteiger partial charge in [0.1, 0.15) is 0 Å². The van der Waals surface area contributed by atoms with Gasteiger partial charge in [-0.25, -0.2) is 0 Å². The lowest BCUT2D eigenvalue weighted by Gasteiger charge is -2.45. The van der Waals surface area contributed by atoms with Crippen LogP contribution in [0.3, 0.4) is 0 Å². The molecule has 0 saturated heterocycles. The number of pyridine rings is 2. The maximum absolute atomic E-state index is 4.80. The summed E-state index contributed by atoms with van der Waals surface area (Å²) in [7, 11) is 2.51. The maximum atomic E-state index is 4.80. The summed E-state index contributed by atoms with van der Waals surface area (Å²) in [5.74, 6) is 0. The van der Waals surface area contributed by atoms with Gasteiger partial charge in [0.2, 0.25) is 0 Å². The number of benzene rings is 1. The van der Waals surface area contributed by atoms with Gasteiger partial charge in [-0.2, -0.15) is 0 Å². The molecule has 1 aromatic carbocycles. The van der Waals surface area contributed by atoms with Crippen molar-refractivity contribution in [1.82, 2.24) is 9.97 Å². The molecule has 0 aliphatic carbocycles. The third kappa shape index (κ3) is 4.30. The number of hydrogen-bond acceptors (Lipinski definition) is 2. The summed E-state index contributed by atoms with van der Waals surface area (Å²) in [5, 5.41) is 1.14. The first kappa shape index (κ1) is 22.1. The van der Waals surface area contributed by atoms with E-state index in [2.05, 4.69) is 99.3 Å². The zero-order valence-corrected chi connectivity index (χ0v) is 20.4. The molecule has 0 radical (unpaired) electrons. The maximum Gasteiger partial charge on any atom is 0.0681 e. The highest BCUT2D eigenvalue weighted by Gasteiger charge is 2.45. The van der Waals surface area contributed by atoms with E-state index in [0.29, 0.717) is 0 Å². The Balaban J connectivity index is 2.32. The number of nitrogens with zero attached hydrogens (tertiary/aromatic N) is 2. The Hall–Kier alpha value is -1.62. The molecule has 0 spiro atoms. The molecule has 0 bridgehead atoms. The van der Waals surface area contributed by atoms with Crippen LogP contribution in [0.4, 0.5) is 0 Å². The fraction of sp³-hybridized carbons (Fsp3) is 0.360. The van der Waals surface area contributed by atoms with Gasteiger partial charge >= 0.3 is 0 Å². The standard InChI is InChI=1S/C25H32N2P2/c1-23(2,3)25(28,21-15-9-11-17-26-21)19-13-7-8-14-20(19)29(24(4,5)6)22-16-10-12-18-27-22/h7-18H,28H2,1-6H3. The van der Waals surface area contributed by atoms with E-state index < -0.39 is 7.92 Å². The molecular weight excluding hydrogens is 390 g/mol. The van der Waals surface area contributed by atoms with Gasteiger partial charge in [-0.05, 0) is 53.6 Å². The minimum Gasteiger partial charge on any atom is -0.260 e. The summed E-state index contributed by atoms with van der Waals surface area (Å²) in [6, 6.07) is 21.4. The van der Waals surface area contributed by atoms with Crippen LogP contribution >= 0.6 is 17.2 Å². The van der Waals surface area contributed by atoms with Crippen LogP contribution in [-0.2, 0) is 5.16 Å². The number of aromatic nitrogens is 2. The van der Waals surface area contributed by atoms with Crippen LogP contribution in [0.15, 0.2) is 73.1 Å². The topological polar surface area (TPSA) is 25.8 Å². The Bertz CT molecular complexity index is 944. The molecule has 4 heteroatoms. The SMILES string of the molecule is CC(C)(C)P(c1ccccn1)c1ccccc1C(P)(c1ccccn1)C(C)(C)C. The molecule has 3 atom stereocenters. The molecule has 29 heavy (non-hydrogen) atoms. The highest BCUT2D eigenvalue weighted by Crippen LogP contribution is 2.55. The summed E-state index contributed by atoms with van der Waals surface area (Å²) in [6.07, 6.45) is 3.81. The highest BCUT2D eigenvalue weighted by molar-refractivity contribution is 7.74. The molecule has 2 heterocycles. The molecule has 0 aliphatic heterocycles. The lowest BCUT2D eigenvalue weighted by atomic mass is 9.73. The predicted octanol–water partition coefficient (Wildman–Crippen LogP) is 5.87. The van der Waals surface area contributed by atoms with E-state index >= 15 is 0 Å². The first-order chi connectivity index (χ1) is 13.6. The second-order valence-electron chi connectivity index (χ2n) is 9.48. The van der Waals surface area contributed by atoms with Crippen molar-refractivity contribution in [3.8, 4) is 0 Å². The molecule has 3 unspecified atom stereocenters. The minimum atomic E-state index is -0.667. The molecule has 2 nitrogen and oxygen atoms in total. The Labute approximate surface area is 179 Å². The van der Waals surface area contributed by atoms with E-state index in [1.54, 1.807) is 0 Å². The van der Waals surface area contributed by atoms with Gasteiger partial charge in [-0.3, -0.25) is 9.97 Å². The van der Waals surface area contributed by atoms with E-state index in [1.165, 1.54) is 16.3 Å². The smallest absolute Gasteiger partial charge is 0.0681 e. The fourth-order valence-corrected chi connectivity index (χ4v) is 7.18. The Kier molecular flexibility index (Phi) is 6.28. The van der Waals surface area contributed by atoms with E-state index in [9.17, 15) is 0 Å². The first-order valence-corrected chi connectivity index (χ1v) is 12.0. The molecule has 0 aliphatic rings. The van der Waals surface area contributed by atoms with E-state index in [4.69, 9.17) is 9.97 Å². The van der Waals surface area contributed by atoms with Gasteiger partial charge < -0.3 is 0 Å². The van der Waals surface area contributed by atoms with Gasteiger partial charge in [0.05, 0.1) is 16.3 Å². The average Bonchev–Trinajstić information content (AvgIpc) is 2.67. The molecule has 2 aromatic heterocycles. The van der Waals surface area contributed by atoms with Crippen molar-refractivity contribution in [3.63, 3.8) is 0 Å². The third-order valence-electron chi connectivity index (χ3n) is 5.37. The number of rotatable bonds is 4. The summed E-state index contributed by atoms with van der Waals surface area (Å²) in [4.78, 5) is 9.59. The molecule has 3 aromatic rings. The van der Waals surface area contributed by atoms with E-state index in [-0.39, 0.29) is 15.7 Å². The quantitative estimate of drug-likeness (QED) is 0.491. The van der Waals surface area contributed by atoms with Crippen LogP contribution in [0.25, 0.3) is 0 Å². The van der Waals surface area contributed by atoms with Crippen molar-refractivity contribution >= 4 is 27.9 Å². The van der Waals surface area contributed by atoms with E-state index in [1.807, 2.05) is 24.5 Å². The first-order valence-electron chi connectivity index (χ1n) is 10.1. The Morgan fingerprint density at radius 3 is 1.83 bits per heavy atom.